The number of aliphatic hydroxyl groups is 1. The molecule has 1 nitrogen and oxygen atoms in total. The molecule has 0 amide bonds. The van der Waals surface area contributed by atoms with Crippen LogP contribution in [0.4, 0.5) is 8.78 Å². The number of hydrogen-bond donors (Lipinski definition) is 1. The second-order valence-electron chi connectivity index (χ2n) is 3.91. The average Bonchev–Trinajstić information content (AvgIpc) is 2.15. The number of hydrogen-bond acceptors (Lipinski definition) is 1. The highest BCUT2D eigenvalue weighted by Gasteiger charge is 2.16. The molecule has 0 aromatic heterocycles. The van der Waals surface area contributed by atoms with E-state index in [1.54, 1.807) is 0 Å². The molecule has 1 rings (SSSR count). The SMILES string of the molecule is CCCC(C)C(O)c1cc(F)cc(F)c1. The van der Waals surface area contributed by atoms with Crippen LogP contribution in [0.5, 0.6) is 0 Å². The number of benzene rings is 1. The molecule has 84 valence electrons. The Morgan fingerprint density at radius 2 is 1.73 bits per heavy atom. The molecule has 0 saturated carbocycles. The summed E-state index contributed by atoms with van der Waals surface area (Å²) in [7, 11) is 0. The Kier molecular flexibility index (Phi) is 4.21. The summed E-state index contributed by atoms with van der Waals surface area (Å²) >= 11 is 0. The van der Waals surface area contributed by atoms with Crippen LogP contribution >= 0.6 is 0 Å². The number of halogens is 2. The fraction of sp³-hybridized carbons (Fsp3) is 0.500. The molecule has 0 saturated heterocycles. The van der Waals surface area contributed by atoms with Crippen molar-refractivity contribution >= 4 is 0 Å². The predicted octanol–water partition coefficient (Wildman–Crippen LogP) is 3.43. The molecule has 0 radical (unpaired) electrons. The van der Waals surface area contributed by atoms with Gasteiger partial charge in [0.05, 0.1) is 6.10 Å². The normalized spacial score (nSPS) is 15.0. The quantitative estimate of drug-likeness (QED) is 0.814. The van der Waals surface area contributed by atoms with Crippen molar-refractivity contribution in [2.75, 3.05) is 0 Å². The molecule has 0 aliphatic heterocycles. The van der Waals surface area contributed by atoms with Gasteiger partial charge < -0.3 is 5.11 Å². The molecule has 1 N–H and O–H groups in total. The highest BCUT2D eigenvalue weighted by atomic mass is 19.1. The summed E-state index contributed by atoms with van der Waals surface area (Å²) in [4.78, 5) is 0. The molecule has 1 aromatic rings. The third-order valence-electron chi connectivity index (χ3n) is 2.51. The third kappa shape index (κ3) is 3.27. The largest absolute Gasteiger partial charge is 0.388 e. The maximum atomic E-state index is 12.9. The van der Waals surface area contributed by atoms with Crippen LogP contribution in [0.1, 0.15) is 38.4 Å². The monoisotopic (exact) mass is 214 g/mol. The van der Waals surface area contributed by atoms with Crippen molar-refractivity contribution < 1.29 is 13.9 Å². The average molecular weight is 214 g/mol. The fourth-order valence-corrected chi connectivity index (χ4v) is 1.69. The van der Waals surface area contributed by atoms with Crippen molar-refractivity contribution in [1.82, 2.24) is 0 Å². The van der Waals surface area contributed by atoms with Crippen LogP contribution in [0.15, 0.2) is 18.2 Å². The van der Waals surface area contributed by atoms with E-state index >= 15 is 0 Å². The van der Waals surface area contributed by atoms with Crippen LogP contribution in [0.25, 0.3) is 0 Å². The van der Waals surface area contributed by atoms with E-state index in [1.807, 2.05) is 13.8 Å². The Balaban J connectivity index is 2.85. The molecular formula is C12H16F2O. The van der Waals surface area contributed by atoms with Gasteiger partial charge in [-0.15, -0.1) is 0 Å². The standard InChI is InChI=1S/C12H16F2O/c1-3-4-8(2)12(15)9-5-10(13)7-11(14)6-9/h5-8,12,15H,3-4H2,1-2H3. The van der Waals surface area contributed by atoms with Crippen molar-refractivity contribution in [3.8, 4) is 0 Å². The molecular weight excluding hydrogens is 198 g/mol. The Morgan fingerprint density at radius 3 is 2.20 bits per heavy atom. The maximum Gasteiger partial charge on any atom is 0.126 e. The van der Waals surface area contributed by atoms with E-state index in [1.165, 1.54) is 12.1 Å². The zero-order valence-electron chi connectivity index (χ0n) is 9.00. The summed E-state index contributed by atoms with van der Waals surface area (Å²) in [6, 6.07) is 3.17. The van der Waals surface area contributed by atoms with Crippen molar-refractivity contribution in [2.45, 2.75) is 32.8 Å². The van der Waals surface area contributed by atoms with E-state index in [0.29, 0.717) is 5.56 Å². The van der Waals surface area contributed by atoms with Crippen LogP contribution in [-0.4, -0.2) is 5.11 Å². The minimum absolute atomic E-state index is 0.0104. The summed E-state index contributed by atoms with van der Waals surface area (Å²) in [5.41, 5.74) is 0.313. The topological polar surface area (TPSA) is 20.2 Å². The van der Waals surface area contributed by atoms with Crippen molar-refractivity contribution in [3.63, 3.8) is 0 Å². The molecule has 3 heteroatoms. The van der Waals surface area contributed by atoms with Gasteiger partial charge in [-0.05, 0) is 30.0 Å². The second-order valence-corrected chi connectivity index (χ2v) is 3.91. The zero-order chi connectivity index (χ0) is 11.4. The lowest BCUT2D eigenvalue weighted by Crippen LogP contribution is -2.09. The van der Waals surface area contributed by atoms with Gasteiger partial charge >= 0.3 is 0 Å². The van der Waals surface area contributed by atoms with Crippen LogP contribution in [0, 0.1) is 17.6 Å². The first-order valence-electron chi connectivity index (χ1n) is 5.18. The molecule has 2 unspecified atom stereocenters. The Bertz CT molecular complexity index is 305. The van der Waals surface area contributed by atoms with Crippen LogP contribution in [-0.2, 0) is 0 Å². The number of rotatable bonds is 4. The maximum absolute atomic E-state index is 12.9. The molecule has 2 atom stereocenters. The molecule has 0 aliphatic rings. The third-order valence-corrected chi connectivity index (χ3v) is 2.51. The molecule has 0 fully saturated rings. The first kappa shape index (κ1) is 12.1. The fourth-order valence-electron chi connectivity index (χ4n) is 1.69. The van der Waals surface area contributed by atoms with Crippen LogP contribution in [0.2, 0.25) is 0 Å². The van der Waals surface area contributed by atoms with E-state index in [0.717, 1.165) is 18.9 Å². The summed E-state index contributed by atoms with van der Waals surface area (Å²) < 4.78 is 25.8. The predicted molar refractivity (Wildman–Crippen MR) is 55.4 cm³/mol. The van der Waals surface area contributed by atoms with Gasteiger partial charge in [0.25, 0.3) is 0 Å². The van der Waals surface area contributed by atoms with Crippen molar-refractivity contribution in [1.29, 1.82) is 0 Å². The van der Waals surface area contributed by atoms with Gasteiger partial charge in [0.1, 0.15) is 11.6 Å². The molecule has 1 aromatic carbocycles. The van der Waals surface area contributed by atoms with E-state index in [4.69, 9.17) is 0 Å². The molecule has 0 bridgehead atoms. The lowest BCUT2D eigenvalue weighted by atomic mass is 9.93. The Morgan fingerprint density at radius 1 is 1.20 bits per heavy atom. The first-order valence-corrected chi connectivity index (χ1v) is 5.18. The van der Waals surface area contributed by atoms with Gasteiger partial charge in [0.15, 0.2) is 0 Å². The Hall–Kier alpha value is -0.960. The molecule has 0 aliphatic carbocycles. The highest BCUT2D eigenvalue weighted by Crippen LogP contribution is 2.26. The highest BCUT2D eigenvalue weighted by molar-refractivity contribution is 5.20. The van der Waals surface area contributed by atoms with Gasteiger partial charge in [-0.25, -0.2) is 8.78 Å². The minimum Gasteiger partial charge on any atom is -0.388 e. The summed E-state index contributed by atoms with van der Waals surface area (Å²) in [6.45, 7) is 3.88. The van der Waals surface area contributed by atoms with Gasteiger partial charge in [0.2, 0.25) is 0 Å². The van der Waals surface area contributed by atoms with Gasteiger partial charge in [-0.3, -0.25) is 0 Å². The van der Waals surface area contributed by atoms with Gasteiger partial charge in [-0.2, -0.15) is 0 Å². The number of aliphatic hydroxyl groups excluding tert-OH is 1. The Labute approximate surface area is 88.7 Å². The van der Waals surface area contributed by atoms with E-state index in [-0.39, 0.29) is 5.92 Å². The zero-order valence-corrected chi connectivity index (χ0v) is 9.00. The van der Waals surface area contributed by atoms with Gasteiger partial charge in [-0.1, -0.05) is 20.3 Å². The van der Waals surface area contributed by atoms with E-state index in [2.05, 4.69) is 0 Å². The molecule has 15 heavy (non-hydrogen) atoms. The molecule has 0 spiro atoms. The lowest BCUT2D eigenvalue weighted by molar-refractivity contribution is 0.111. The van der Waals surface area contributed by atoms with E-state index in [9.17, 15) is 13.9 Å². The van der Waals surface area contributed by atoms with Crippen molar-refractivity contribution in [2.24, 2.45) is 5.92 Å². The minimum atomic E-state index is -0.796. The lowest BCUT2D eigenvalue weighted by Gasteiger charge is -2.18. The first-order chi connectivity index (χ1) is 7.04. The second kappa shape index (κ2) is 5.21. The van der Waals surface area contributed by atoms with E-state index < -0.39 is 17.7 Å². The summed E-state index contributed by atoms with van der Waals surface area (Å²) in [5, 5.41) is 9.84. The summed E-state index contributed by atoms with van der Waals surface area (Å²) in [5.74, 6) is -1.28. The van der Waals surface area contributed by atoms with Crippen LogP contribution < -0.4 is 0 Å². The van der Waals surface area contributed by atoms with Gasteiger partial charge in [0, 0.05) is 6.07 Å². The van der Waals surface area contributed by atoms with Crippen LogP contribution in [0.3, 0.4) is 0 Å². The van der Waals surface area contributed by atoms with Crippen molar-refractivity contribution in [3.05, 3.63) is 35.4 Å². The molecule has 0 heterocycles. The smallest absolute Gasteiger partial charge is 0.126 e. The summed E-state index contributed by atoms with van der Waals surface area (Å²) in [6.07, 6.45) is 0.977.